The largest absolute Gasteiger partial charge is 0.350 e. The van der Waals surface area contributed by atoms with Crippen molar-refractivity contribution in [3.05, 3.63) is 83.1 Å². The van der Waals surface area contributed by atoms with E-state index >= 15 is 0 Å². The van der Waals surface area contributed by atoms with Crippen LogP contribution in [0.15, 0.2) is 54.9 Å². The van der Waals surface area contributed by atoms with E-state index in [0.29, 0.717) is 13.0 Å². The van der Waals surface area contributed by atoms with Crippen molar-refractivity contribution in [2.45, 2.75) is 33.7 Å². The Labute approximate surface area is 163 Å². The lowest BCUT2D eigenvalue weighted by Crippen LogP contribution is -2.25. The van der Waals surface area contributed by atoms with E-state index in [-0.39, 0.29) is 5.91 Å². The third-order valence-corrected chi connectivity index (χ3v) is 4.97. The first-order valence-corrected chi connectivity index (χ1v) is 9.33. The minimum atomic E-state index is -0.0346. The standard InChI is InChI=1S/C22H23N5O/c1-15-8-7-11-26-14-18(24-22(15)26)13-23-21(28)12-20-16(2)25-27(17(20)3)19-9-5-4-6-10-19/h4-11,14H,12-13H2,1-3H3,(H,23,28). The molecule has 0 bridgehead atoms. The number of carbonyl (C=O) groups is 1. The van der Waals surface area contributed by atoms with E-state index in [2.05, 4.69) is 15.4 Å². The van der Waals surface area contributed by atoms with Gasteiger partial charge in [0, 0.05) is 23.7 Å². The topological polar surface area (TPSA) is 64.2 Å². The van der Waals surface area contributed by atoms with Gasteiger partial charge in [-0.05, 0) is 44.5 Å². The smallest absolute Gasteiger partial charge is 0.224 e. The number of hydrogen-bond donors (Lipinski definition) is 1. The monoisotopic (exact) mass is 373 g/mol. The second kappa shape index (κ2) is 7.31. The maximum absolute atomic E-state index is 12.5. The highest BCUT2D eigenvalue weighted by atomic mass is 16.1. The third kappa shape index (κ3) is 3.41. The van der Waals surface area contributed by atoms with Crippen LogP contribution < -0.4 is 5.32 Å². The van der Waals surface area contributed by atoms with Crippen LogP contribution in [0.2, 0.25) is 0 Å². The zero-order valence-corrected chi connectivity index (χ0v) is 16.3. The molecule has 0 saturated carbocycles. The molecule has 0 aliphatic carbocycles. The lowest BCUT2D eigenvalue weighted by Gasteiger charge is -2.06. The first kappa shape index (κ1) is 18.0. The van der Waals surface area contributed by atoms with Crippen LogP contribution in [0.4, 0.5) is 0 Å². The van der Waals surface area contributed by atoms with Crippen molar-refractivity contribution in [2.75, 3.05) is 0 Å². The second-order valence-electron chi connectivity index (χ2n) is 7.00. The molecule has 0 unspecified atom stereocenters. The number of para-hydroxylation sites is 1. The molecule has 1 amide bonds. The average Bonchev–Trinajstić information content (AvgIpc) is 3.24. The second-order valence-corrected chi connectivity index (χ2v) is 7.00. The molecular formula is C22H23N5O. The summed E-state index contributed by atoms with van der Waals surface area (Å²) in [6.45, 7) is 6.38. The zero-order chi connectivity index (χ0) is 19.7. The summed E-state index contributed by atoms with van der Waals surface area (Å²) >= 11 is 0. The first-order chi connectivity index (χ1) is 13.5. The molecule has 6 heteroatoms. The van der Waals surface area contributed by atoms with Crippen LogP contribution in [0.25, 0.3) is 11.3 Å². The summed E-state index contributed by atoms with van der Waals surface area (Å²) in [5, 5.41) is 7.59. The molecule has 3 heterocycles. The van der Waals surface area contributed by atoms with E-state index in [1.54, 1.807) is 0 Å². The molecular weight excluding hydrogens is 350 g/mol. The van der Waals surface area contributed by atoms with Crippen molar-refractivity contribution in [1.82, 2.24) is 24.5 Å². The van der Waals surface area contributed by atoms with Gasteiger partial charge in [0.1, 0.15) is 5.65 Å². The number of imidazole rings is 1. The fraction of sp³-hybridized carbons (Fsp3) is 0.227. The normalized spacial score (nSPS) is 11.1. The fourth-order valence-corrected chi connectivity index (χ4v) is 3.45. The van der Waals surface area contributed by atoms with Crippen molar-refractivity contribution in [1.29, 1.82) is 0 Å². The molecule has 0 atom stereocenters. The SMILES string of the molecule is Cc1nn(-c2ccccc2)c(C)c1CC(=O)NCc1cn2cccc(C)c2n1. The summed E-state index contributed by atoms with van der Waals surface area (Å²) in [5.41, 5.74) is 6.70. The molecule has 4 aromatic rings. The summed E-state index contributed by atoms with van der Waals surface area (Å²) < 4.78 is 3.87. The summed E-state index contributed by atoms with van der Waals surface area (Å²) in [7, 11) is 0. The molecule has 142 valence electrons. The van der Waals surface area contributed by atoms with Crippen LogP contribution in [-0.4, -0.2) is 25.1 Å². The number of hydrogen-bond acceptors (Lipinski definition) is 3. The van der Waals surface area contributed by atoms with Gasteiger partial charge >= 0.3 is 0 Å². The molecule has 0 spiro atoms. The number of amides is 1. The van der Waals surface area contributed by atoms with E-state index in [0.717, 1.165) is 39.5 Å². The maximum Gasteiger partial charge on any atom is 0.224 e. The number of benzene rings is 1. The Morgan fingerprint density at radius 3 is 2.61 bits per heavy atom. The van der Waals surface area contributed by atoms with Gasteiger partial charge in [0.2, 0.25) is 5.91 Å². The van der Waals surface area contributed by atoms with Crippen molar-refractivity contribution in [3.8, 4) is 5.69 Å². The number of nitrogens with one attached hydrogen (secondary N) is 1. The van der Waals surface area contributed by atoms with Gasteiger partial charge < -0.3 is 9.72 Å². The van der Waals surface area contributed by atoms with Crippen LogP contribution >= 0.6 is 0 Å². The maximum atomic E-state index is 12.5. The van der Waals surface area contributed by atoms with Crippen LogP contribution in [0.5, 0.6) is 0 Å². The number of aromatic nitrogens is 4. The summed E-state index contributed by atoms with van der Waals surface area (Å²) in [6, 6.07) is 14.0. The lowest BCUT2D eigenvalue weighted by atomic mass is 10.1. The Morgan fingerprint density at radius 1 is 1.07 bits per heavy atom. The Bertz CT molecular complexity index is 1140. The Kier molecular flexibility index (Phi) is 4.69. The molecule has 0 fully saturated rings. The van der Waals surface area contributed by atoms with Gasteiger partial charge in [-0.1, -0.05) is 24.3 Å². The summed E-state index contributed by atoms with van der Waals surface area (Å²) in [4.78, 5) is 17.1. The van der Waals surface area contributed by atoms with Crippen LogP contribution in [0, 0.1) is 20.8 Å². The van der Waals surface area contributed by atoms with Crippen molar-refractivity contribution in [3.63, 3.8) is 0 Å². The van der Waals surface area contributed by atoms with Crippen molar-refractivity contribution < 1.29 is 4.79 Å². The van der Waals surface area contributed by atoms with Crippen molar-refractivity contribution >= 4 is 11.6 Å². The minimum absolute atomic E-state index is 0.0346. The van der Waals surface area contributed by atoms with E-state index < -0.39 is 0 Å². The highest BCUT2D eigenvalue weighted by Gasteiger charge is 2.16. The molecule has 0 saturated heterocycles. The molecule has 6 nitrogen and oxygen atoms in total. The van der Waals surface area contributed by atoms with E-state index in [9.17, 15) is 4.79 Å². The Hall–Kier alpha value is -3.41. The van der Waals surface area contributed by atoms with Gasteiger partial charge in [0.15, 0.2) is 0 Å². The van der Waals surface area contributed by atoms with Crippen LogP contribution in [-0.2, 0) is 17.8 Å². The van der Waals surface area contributed by atoms with Gasteiger partial charge in [-0.2, -0.15) is 5.10 Å². The van der Waals surface area contributed by atoms with Crippen LogP contribution in [0.1, 0.15) is 28.2 Å². The molecule has 0 aliphatic heterocycles. The molecule has 4 rings (SSSR count). The zero-order valence-electron chi connectivity index (χ0n) is 16.3. The molecule has 0 radical (unpaired) electrons. The highest BCUT2D eigenvalue weighted by Crippen LogP contribution is 2.18. The van der Waals surface area contributed by atoms with Crippen LogP contribution in [0.3, 0.4) is 0 Å². The third-order valence-electron chi connectivity index (χ3n) is 4.97. The van der Waals surface area contributed by atoms with Gasteiger partial charge in [-0.25, -0.2) is 9.67 Å². The Morgan fingerprint density at radius 2 is 1.86 bits per heavy atom. The van der Waals surface area contributed by atoms with E-state index in [4.69, 9.17) is 0 Å². The van der Waals surface area contributed by atoms with E-state index in [1.807, 2.05) is 84.7 Å². The minimum Gasteiger partial charge on any atom is -0.350 e. The number of fused-ring (bicyclic) bond motifs is 1. The predicted molar refractivity (Wildman–Crippen MR) is 109 cm³/mol. The van der Waals surface area contributed by atoms with Gasteiger partial charge in [-0.15, -0.1) is 0 Å². The molecule has 0 aliphatic rings. The van der Waals surface area contributed by atoms with Gasteiger partial charge in [0.05, 0.1) is 30.0 Å². The number of carbonyl (C=O) groups excluding carboxylic acids is 1. The highest BCUT2D eigenvalue weighted by molar-refractivity contribution is 5.79. The summed E-state index contributed by atoms with van der Waals surface area (Å²) in [5.74, 6) is -0.0346. The average molecular weight is 373 g/mol. The quantitative estimate of drug-likeness (QED) is 0.584. The number of pyridine rings is 1. The predicted octanol–water partition coefficient (Wildman–Crippen LogP) is 3.30. The molecule has 28 heavy (non-hydrogen) atoms. The van der Waals surface area contributed by atoms with E-state index in [1.165, 1.54) is 0 Å². The van der Waals surface area contributed by atoms with Gasteiger partial charge in [0.25, 0.3) is 0 Å². The molecule has 1 aromatic carbocycles. The van der Waals surface area contributed by atoms with Crippen molar-refractivity contribution in [2.24, 2.45) is 0 Å². The van der Waals surface area contributed by atoms with Gasteiger partial charge in [-0.3, -0.25) is 4.79 Å². The number of aryl methyl sites for hydroxylation is 2. The fourth-order valence-electron chi connectivity index (χ4n) is 3.45. The lowest BCUT2D eigenvalue weighted by molar-refractivity contribution is -0.120. The molecule has 1 N–H and O–H groups in total. The Balaban J connectivity index is 1.46. The number of nitrogens with zero attached hydrogens (tertiary/aromatic N) is 4. The molecule has 3 aromatic heterocycles. The first-order valence-electron chi connectivity index (χ1n) is 9.33. The number of rotatable bonds is 5. The summed E-state index contributed by atoms with van der Waals surface area (Å²) in [6.07, 6.45) is 4.22.